The van der Waals surface area contributed by atoms with E-state index in [4.69, 9.17) is 21.7 Å². The van der Waals surface area contributed by atoms with Gasteiger partial charge in [0.05, 0.1) is 23.0 Å². The zero-order valence-electron chi connectivity index (χ0n) is 20.0. The summed E-state index contributed by atoms with van der Waals surface area (Å²) < 4.78 is 37.8. The molecule has 2 aliphatic carbocycles. The molecule has 6 nitrogen and oxygen atoms in total. The molecule has 0 bridgehead atoms. The molecule has 0 atom stereocenters. The summed E-state index contributed by atoms with van der Waals surface area (Å²) in [5, 5.41) is 0. The van der Waals surface area contributed by atoms with Crippen LogP contribution in [0.5, 0.6) is 17.2 Å². The molecule has 0 unspecified atom stereocenters. The number of esters is 1. The van der Waals surface area contributed by atoms with Gasteiger partial charge in [-0.2, -0.15) is 0 Å². The first-order valence-corrected chi connectivity index (χ1v) is 10.5. The average Bonchev–Trinajstić information content (AvgIpc) is 3.47. The summed E-state index contributed by atoms with van der Waals surface area (Å²) in [6.45, 7) is 3.69. The number of Topliss-reactive ketones (excluding diaryl/α,β-unsaturated/α-hetero) is 1. The molecular formula is C25H28O6. The fourth-order valence-corrected chi connectivity index (χ4v) is 4.02. The number of hydrogen-bond acceptors (Lipinski definition) is 6. The van der Waals surface area contributed by atoms with Crippen LogP contribution >= 0.6 is 0 Å². The summed E-state index contributed by atoms with van der Waals surface area (Å²) in [6.07, 6.45) is 2.16. The number of carbonyl (C=O) groups excluding carboxylic acids is 2. The smallest absolute Gasteiger partial charge is 0.315 e. The second-order valence-corrected chi connectivity index (χ2v) is 8.37. The van der Waals surface area contributed by atoms with Crippen molar-refractivity contribution in [1.29, 1.82) is 0 Å². The van der Waals surface area contributed by atoms with E-state index < -0.39 is 12.5 Å². The van der Waals surface area contributed by atoms with Crippen molar-refractivity contribution >= 4 is 11.8 Å². The predicted octanol–water partition coefficient (Wildman–Crippen LogP) is 4.61. The van der Waals surface area contributed by atoms with E-state index in [1.165, 1.54) is 7.11 Å². The van der Waals surface area contributed by atoms with E-state index in [0.29, 0.717) is 42.6 Å². The fourth-order valence-electron chi connectivity index (χ4n) is 4.02. The number of rotatable bonds is 8. The summed E-state index contributed by atoms with van der Waals surface area (Å²) in [5.41, 5.74) is 2.37. The van der Waals surface area contributed by atoms with E-state index in [2.05, 4.69) is 0 Å². The van der Waals surface area contributed by atoms with Gasteiger partial charge in [-0.3, -0.25) is 9.59 Å². The Balaban J connectivity index is 1.77. The van der Waals surface area contributed by atoms with Crippen molar-refractivity contribution < 1.29 is 31.3 Å². The van der Waals surface area contributed by atoms with Gasteiger partial charge in [0.25, 0.3) is 0 Å². The van der Waals surface area contributed by atoms with Crippen LogP contribution in [0.1, 0.15) is 51.8 Å². The molecular weight excluding hydrogens is 396 g/mol. The molecule has 0 aromatic heterocycles. The van der Waals surface area contributed by atoms with Gasteiger partial charge in [0.2, 0.25) is 5.75 Å². The van der Waals surface area contributed by atoms with Crippen molar-refractivity contribution in [2.24, 2.45) is 5.41 Å². The van der Waals surface area contributed by atoms with Crippen molar-refractivity contribution in [3.63, 3.8) is 0 Å². The minimum Gasteiger partial charge on any atom is -0.493 e. The zero-order valence-corrected chi connectivity index (χ0v) is 18.0. The van der Waals surface area contributed by atoms with E-state index in [1.54, 1.807) is 19.9 Å². The first-order chi connectivity index (χ1) is 15.8. The second-order valence-electron chi connectivity index (χ2n) is 8.37. The highest BCUT2D eigenvalue weighted by Crippen LogP contribution is 2.51. The standard InChI is InChI=1S/C25H28O6/c1-15(2)31-24(27)25(12-13-25)14-30-22-19(9-11-21(28-3)23(22)29-4)16-6-5-7-18-17(16)8-10-20(18)26/h5-7,9,11,15H,8,10,12-14H2,1-4H3/i4D2. The van der Waals surface area contributed by atoms with Crippen LogP contribution in [0.2, 0.25) is 0 Å². The van der Waals surface area contributed by atoms with E-state index >= 15 is 0 Å². The maximum Gasteiger partial charge on any atom is 0.315 e. The lowest BCUT2D eigenvalue weighted by atomic mass is 9.95. The summed E-state index contributed by atoms with van der Waals surface area (Å²) in [7, 11) is -0.143. The normalized spacial score (nSPS) is 17.1. The number of ketones is 1. The molecule has 2 aliphatic rings. The monoisotopic (exact) mass is 426 g/mol. The van der Waals surface area contributed by atoms with Crippen LogP contribution in [-0.2, 0) is 16.0 Å². The van der Waals surface area contributed by atoms with Crippen LogP contribution in [0.25, 0.3) is 11.1 Å². The molecule has 31 heavy (non-hydrogen) atoms. The largest absolute Gasteiger partial charge is 0.493 e. The van der Waals surface area contributed by atoms with Gasteiger partial charge in [-0.25, -0.2) is 0 Å². The Morgan fingerprint density at radius 3 is 2.52 bits per heavy atom. The van der Waals surface area contributed by atoms with Gasteiger partial charge >= 0.3 is 5.97 Å². The highest BCUT2D eigenvalue weighted by Gasteiger charge is 2.53. The molecule has 0 amide bonds. The number of hydrogen-bond donors (Lipinski definition) is 0. The molecule has 2 aromatic carbocycles. The lowest BCUT2D eigenvalue weighted by Gasteiger charge is -2.22. The first-order valence-electron chi connectivity index (χ1n) is 11.6. The maximum absolute atomic E-state index is 12.6. The van der Waals surface area contributed by atoms with Gasteiger partial charge in [0.1, 0.15) is 12.0 Å². The van der Waals surface area contributed by atoms with Crippen LogP contribution in [0.15, 0.2) is 30.3 Å². The summed E-state index contributed by atoms with van der Waals surface area (Å²) in [5.74, 6) is 0.534. The van der Waals surface area contributed by atoms with Gasteiger partial charge < -0.3 is 18.9 Å². The molecule has 0 N–H and O–H groups in total. The Morgan fingerprint density at radius 1 is 1.06 bits per heavy atom. The molecule has 0 aliphatic heterocycles. The number of benzene rings is 2. The quantitative estimate of drug-likeness (QED) is 0.574. The van der Waals surface area contributed by atoms with Gasteiger partial charge in [-0.05, 0) is 56.4 Å². The summed E-state index contributed by atoms with van der Waals surface area (Å²) in [6, 6.07) is 9.06. The van der Waals surface area contributed by atoms with Crippen LogP contribution < -0.4 is 14.2 Å². The number of fused-ring (bicyclic) bond motifs is 1. The molecule has 2 aromatic rings. The zero-order chi connectivity index (χ0) is 23.8. The van der Waals surface area contributed by atoms with E-state index in [1.807, 2.05) is 24.3 Å². The SMILES string of the molecule is [2H]C([2H])Oc1c(OC)ccc(-c2cccc3c2CCC3=O)c1OCC1(C(=O)OC(C)C)CC1. The third kappa shape index (κ3) is 3.87. The van der Waals surface area contributed by atoms with Crippen LogP contribution in [0.3, 0.4) is 0 Å². The van der Waals surface area contributed by atoms with Crippen molar-refractivity contribution in [1.82, 2.24) is 0 Å². The lowest BCUT2D eigenvalue weighted by molar-refractivity contribution is -0.155. The molecule has 164 valence electrons. The van der Waals surface area contributed by atoms with E-state index in [0.717, 1.165) is 11.1 Å². The molecule has 0 spiro atoms. The molecule has 1 saturated carbocycles. The second kappa shape index (κ2) is 8.25. The van der Waals surface area contributed by atoms with Gasteiger partial charge in [-0.1, -0.05) is 18.2 Å². The molecule has 0 saturated heterocycles. The predicted molar refractivity (Wildman–Crippen MR) is 116 cm³/mol. The first kappa shape index (κ1) is 18.7. The minimum atomic E-state index is -1.61. The van der Waals surface area contributed by atoms with Gasteiger partial charge in [0, 0.05) is 17.5 Å². The Morgan fingerprint density at radius 2 is 1.84 bits per heavy atom. The van der Waals surface area contributed by atoms with Gasteiger partial charge in [-0.15, -0.1) is 0 Å². The Bertz CT molecular complexity index is 1070. The summed E-state index contributed by atoms with van der Waals surface area (Å²) in [4.78, 5) is 24.9. The highest BCUT2D eigenvalue weighted by molar-refractivity contribution is 6.02. The molecule has 0 heterocycles. The van der Waals surface area contributed by atoms with E-state index in [-0.39, 0.29) is 36.0 Å². The number of methoxy groups -OCH3 is 2. The van der Waals surface area contributed by atoms with Gasteiger partial charge in [0.15, 0.2) is 17.3 Å². The van der Waals surface area contributed by atoms with E-state index in [9.17, 15) is 9.59 Å². The molecule has 6 heteroatoms. The van der Waals surface area contributed by atoms with Crippen molar-refractivity contribution in [2.45, 2.75) is 45.6 Å². The number of carbonyl (C=O) groups is 2. The fraction of sp³-hybridized carbons (Fsp3) is 0.440. The lowest BCUT2D eigenvalue weighted by Crippen LogP contribution is -2.28. The van der Waals surface area contributed by atoms with Crippen molar-refractivity contribution in [2.75, 3.05) is 20.8 Å². The third-order valence-corrected chi connectivity index (χ3v) is 5.90. The van der Waals surface area contributed by atoms with Crippen LogP contribution in [-0.4, -0.2) is 38.6 Å². The molecule has 0 radical (unpaired) electrons. The van der Waals surface area contributed by atoms with Crippen LogP contribution in [0.4, 0.5) is 0 Å². The van der Waals surface area contributed by atoms with Crippen molar-refractivity contribution in [3.8, 4) is 28.4 Å². The molecule has 4 rings (SSSR count). The number of ether oxygens (including phenoxy) is 4. The topological polar surface area (TPSA) is 71.1 Å². The third-order valence-electron chi connectivity index (χ3n) is 5.90. The Hall–Kier alpha value is -3.02. The summed E-state index contributed by atoms with van der Waals surface area (Å²) >= 11 is 0. The Kier molecular flexibility index (Phi) is 4.98. The van der Waals surface area contributed by atoms with Crippen LogP contribution in [0, 0.1) is 5.41 Å². The average molecular weight is 427 g/mol. The van der Waals surface area contributed by atoms with Crippen molar-refractivity contribution in [3.05, 3.63) is 41.5 Å². The Labute approximate surface area is 185 Å². The maximum atomic E-state index is 12.6. The highest BCUT2D eigenvalue weighted by atomic mass is 16.6. The minimum absolute atomic E-state index is 0.0731. The molecule has 1 fully saturated rings.